The lowest BCUT2D eigenvalue weighted by Gasteiger charge is -2.19. The van der Waals surface area contributed by atoms with Crippen LogP contribution in [-0.2, 0) is 4.74 Å². The minimum Gasteiger partial charge on any atom is -0.444 e. The van der Waals surface area contributed by atoms with Gasteiger partial charge >= 0.3 is 6.09 Å². The predicted octanol–water partition coefficient (Wildman–Crippen LogP) is 3.31. The van der Waals surface area contributed by atoms with Crippen molar-refractivity contribution >= 4 is 17.4 Å². The van der Waals surface area contributed by atoms with Crippen LogP contribution in [0.25, 0.3) is 0 Å². The van der Waals surface area contributed by atoms with Gasteiger partial charge in [0, 0.05) is 17.5 Å². The summed E-state index contributed by atoms with van der Waals surface area (Å²) in [5.41, 5.74) is -0.435. The summed E-state index contributed by atoms with van der Waals surface area (Å²) in [6, 6.07) is 4.55. The molecule has 0 spiro atoms. The summed E-state index contributed by atoms with van der Waals surface area (Å²) in [6.07, 6.45) is 0.536. The van der Waals surface area contributed by atoms with Crippen molar-refractivity contribution in [2.45, 2.75) is 45.8 Å². The zero-order valence-corrected chi connectivity index (χ0v) is 13.0. The lowest BCUT2D eigenvalue weighted by atomic mass is 10.2. The van der Waals surface area contributed by atoms with Crippen LogP contribution in [0, 0.1) is 0 Å². The molecule has 0 aromatic carbocycles. The van der Waals surface area contributed by atoms with E-state index in [-0.39, 0.29) is 6.09 Å². The van der Waals surface area contributed by atoms with Crippen LogP contribution in [-0.4, -0.2) is 24.8 Å². The number of hydrogen-bond acceptors (Lipinski definition) is 4. The van der Waals surface area contributed by atoms with Crippen LogP contribution >= 0.6 is 11.3 Å². The summed E-state index contributed by atoms with van der Waals surface area (Å²) in [5.74, 6) is 0. The summed E-state index contributed by atoms with van der Waals surface area (Å²) in [4.78, 5) is 12.7. The Morgan fingerprint density at radius 3 is 2.74 bits per heavy atom. The maximum Gasteiger partial charge on any atom is 0.407 e. The molecule has 2 N–H and O–H groups in total. The molecule has 1 aromatic heterocycles. The normalized spacial score (nSPS) is 13.1. The van der Waals surface area contributed by atoms with E-state index in [0.29, 0.717) is 12.6 Å². The number of amides is 1. The van der Waals surface area contributed by atoms with Gasteiger partial charge in [-0.15, -0.1) is 11.3 Å². The van der Waals surface area contributed by atoms with Crippen molar-refractivity contribution in [2.75, 3.05) is 13.1 Å². The third-order valence-corrected chi connectivity index (χ3v) is 3.50. The zero-order valence-electron chi connectivity index (χ0n) is 12.2. The van der Waals surface area contributed by atoms with Crippen LogP contribution < -0.4 is 10.6 Å². The van der Waals surface area contributed by atoms with Gasteiger partial charge in [0.2, 0.25) is 0 Å². The van der Waals surface area contributed by atoms with E-state index in [1.165, 1.54) is 4.88 Å². The molecule has 1 rings (SSSR count). The van der Waals surface area contributed by atoms with Crippen LogP contribution in [0.3, 0.4) is 0 Å². The van der Waals surface area contributed by atoms with Crippen molar-refractivity contribution in [3.05, 3.63) is 22.4 Å². The standard InChI is InChI=1S/C14H24N2O2S/c1-11(12-7-5-10-19-12)15-8-6-9-16-13(17)18-14(2,3)4/h5,7,10-11,15H,6,8-9H2,1-4H3,(H,16,17)/t11-/m1/s1. The molecule has 0 aliphatic rings. The van der Waals surface area contributed by atoms with Crippen LogP contribution in [0.4, 0.5) is 4.79 Å². The Balaban J connectivity index is 2.07. The van der Waals surface area contributed by atoms with Crippen molar-refractivity contribution in [3.8, 4) is 0 Å². The van der Waals surface area contributed by atoms with Crippen molar-refractivity contribution in [2.24, 2.45) is 0 Å². The maximum atomic E-state index is 11.4. The fraction of sp³-hybridized carbons (Fsp3) is 0.643. The van der Waals surface area contributed by atoms with Gasteiger partial charge in [0.25, 0.3) is 0 Å². The molecule has 0 saturated heterocycles. The third-order valence-electron chi connectivity index (χ3n) is 2.44. The van der Waals surface area contributed by atoms with Crippen LogP contribution in [0.1, 0.15) is 45.0 Å². The van der Waals surface area contributed by atoms with Gasteiger partial charge in [0.05, 0.1) is 0 Å². The first-order valence-electron chi connectivity index (χ1n) is 6.62. The topological polar surface area (TPSA) is 50.4 Å². The van der Waals surface area contributed by atoms with Gasteiger partial charge in [-0.3, -0.25) is 0 Å². The first kappa shape index (κ1) is 16.0. The van der Waals surface area contributed by atoms with Crippen LogP contribution in [0.15, 0.2) is 17.5 Å². The number of carbonyl (C=O) groups excluding carboxylic acids is 1. The quantitative estimate of drug-likeness (QED) is 0.788. The first-order valence-corrected chi connectivity index (χ1v) is 7.50. The van der Waals surface area contributed by atoms with E-state index in [0.717, 1.165) is 13.0 Å². The summed E-state index contributed by atoms with van der Waals surface area (Å²) >= 11 is 1.75. The largest absolute Gasteiger partial charge is 0.444 e. The molecule has 4 nitrogen and oxygen atoms in total. The van der Waals surface area contributed by atoms with Gasteiger partial charge in [-0.1, -0.05) is 6.07 Å². The average molecular weight is 284 g/mol. The number of carbonyl (C=O) groups is 1. The van der Waals surface area contributed by atoms with Gasteiger partial charge in [-0.05, 0) is 52.1 Å². The highest BCUT2D eigenvalue weighted by molar-refractivity contribution is 7.10. The third kappa shape index (κ3) is 7.18. The molecule has 1 atom stereocenters. The molecule has 1 heterocycles. The van der Waals surface area contributed by atoms with E-state index in [1.54, 1.807) is 11.3 Å². The van der Waals surface area contributed by atoms with Crippen molar-refractivity contribution in [1.82, 2.24) is 10.6 Å². The lowest BCUT2D eigenvalue weighted by Crippen LogP contribution is -2.34. The zero-order chi connectivity index (χ0) is 14.3. The molecule has 0 radical (unpaired) electrons. The van der Waals surface area contributed by atoms with Gasteiger partial charge in [0.15, 0.2) is 0 Å². The number of nitrogens with one attached hydrogen (secondary N) is 2. The monoisotopic (exact) mass is 284 g/mol. The second-order valence-electron chi connectivity index (χ2n) is 5.47. The molecular formula is C14H24N2O2S. The van der Waals surface area contributed by atoms with E-state index < -0.39 is 5.60 Å². The fourth-order valence-corrected chi connectivity index (χ4v) is 2.31. The Hall–Kier alpha value is -1.07. The molecule has 0 saturated carbocycles. The molecule has 0 fully saturated rings. The number of hydrogen-bond donors (Lipinski definition) is 2. The SMILES string of the molecule is C[C@@H](NCCCNC(=O)OC(C)(C)C)c1cccs1. The summed E-state index contributed by atoms with van der Waals surface area (Å²) in [6.45, 7) is 9.21. The molecule has 19 heavy (non-hydrogen) atoms. The van der Waals surface area contributed by atoms with Gasteiger partial charge in [-0.2, -0.15) is 0 Å². The molecule has 1 amide bonds. The number of thiophene rings is 1. The molecule has 0 unspecified atom stereocenters. The molecule has 0 aliphatic heterocycles. The Morgan fingerprint density at radius 1 is 1.42 bits per heavy atom. The smallest absolute Gasteiger partial charge is 0.407 e. The number of alkyl carbamates (subject to hydrolysis) is 1. The second kappa shape index (κ2) is 7.50. The molecule has 108 valence electrons. The van der Waals surface area contributed by atoms with E-state index >= 15 is 0 Å². The number of rotatable bonds is 6. The van der Waals surface area contributed by atoms with Crippen molar-refractivity contribution in [1.29, 1.82) is 0 Å². The molecule has 5 heteroatoms. The van der Waals surface area contributed by atoms with E-state index in [4.69, 9.17) is 4.74 Å². The van der Waals surface area contributed by atoms with Crippen LogP contribution in [0.2, 0.25) is 0 Å². The summed E-state index contributed by atoms with van der Waals surface area (Å²) in [5, 5.41) is 8.26. The highest BCUT2D eigenvalue weighted by Gasteiger charge is 2.15. The molecular weight excluding hydrogens is 260 g/mol. The highest BCUT2D eigenvalue weighted by atomic mass is 32.1. The van der Waals surface area contributed by atoms with Crippen molar-refractivity contribution < 1.29 is 9.53 Å². The molecule has 1 aromatic rings. The first-order chi connectivity index (χ1) is 8.88. The average Bonchev–Trinajstić information content (AvgIpc) is 2.79. The Bertz CT molecular complexity index is 371. The lowest BCUT2D eigenvalue weighted by molar-refractivity contribution is 0.0527. The van der Waals surface area contributed by atoms with Crippen LogP contribution in [0.5, 0.6) is 0 Å². The van der Waals surface area contributed by atoms with Gasteiger partial charge < -0.3 is 15.4 Å². The molecule has 0 bridgehead atoms. The van der Waals surface area contributed by atoms with Crippen molar-refractivity contribution in [3.63, 3.8) is 0 Å². The summed E-state index contributed by atoms with van der Waals surface area (Å²) in [7, 11) is 0. The minimum atomic E-state index is -0.435. The van der Waals surface area contributed by atoms with E-state index in [2.05, 4.69) is 35.1 Å². The summed E-state index contributed by atoms with van der Waals surface area (Å²) < 4.78 is 5.16. The maximum absolute atomic E-state index is 11.4. The fourth-order valence-electron chi connectivity index (χ4n) is 1.55. The van der Waals surface area contributed by atoms with E-state index in [1.807, 2.05) is 20.8 Å². The Labute approximate surface area is 119 Å². The Morgan fingerprint density at radius 2 is 2.16 bits per heavy atom. The van der Waals surface area contributed by atoms with Gasteiger partial charge in [-0.25, -0.2) is 4.79 Å². The molecule has 0 aliphatic carbocycles. The predicted molar refractivity (Wildman–Crippen MR) is 79.6 cm³/mol. The number of ether oxygens (including phenoxy) is 1. The highest BCUT2D eigenvalue weighted by Crippen LogP contribution is 2.17. The second-order valence-corrected chi connectivity index (χ2v) is 6.45. The minimum absolute atomic E-state index is 0.348. The van der Waals surface area contributed by atoms with Gasteiger partial charge in [0.1, 0.15) is 5.60 Å². The van der Waals surface area contributed by atoms with E-state index in [9.17, 15) is 4.79 Å². The Kier molecular flexibility index (Phi) is 6.31.